The Morgan fingerprint density at radius 1 is 0.649 bits per heavy atom. The summed E-state index contributed by atoms with van der Waals surface area (Å²) in [5.41, 5.74) is 0. The lowest BCUT2D eigenvalue weighted by atomic mass is 9.85. The summed E-state index contributed by atoms with van der Waals surface area (Å²) in [5.74, 6) is -1.06. The van der Waals surface area contributed by atoms with Crippen molar-refractivity contribution in [2.45, 2.75) is 37.9 Å². The van der Waals surface area contributed by atoms with Gasteiger partial charge in [-0.2, -0.15) is 0 Å². The van der Waals surface area contributed by atoms with Crippen molar-refractivity contribution in [1.29, 1.82) is 0 Å². The molecule has 0 N–H and O–H groups in total. The number of ether oxygens (including phenoxy) is 5. The van der Waals surface area contributed by atoms with Gasteiger partial charge in [0.25, 0.3) is 11.8 Å². The first-order chi connectivity index (χ1) is 17.8. The number of carbonyl (C=O) groups excluding carboxylic acids is 4. The number of likely N-dealkylation sites (tertiary alicyclic amines) is 1. The third-order valence-corrected chi connectivity index (χ3v) is 5.86. The fraction of sp³-hybridized carbons (Fsp3) is 0.692. The van der Waals surface area contributed by atoms with Crippen molar-refractivity contribution in [2.75, 3.05) is 69.0 Å². The first kappa shape index (κ1) is 32.6. The largest absolute Gasteiger partial charge is 0.388 e. The Kier molecular flexibility index (Phi) is 15.8. The van der Waals surface area contributed by atoms with Gasteiger partial charge in [-0.25, -0.2) is 0 Å². The molecule has 0 saturated carbocycles. The molecule has 0 aromatic rings. The van der Waals surface area contributed by atoms with E-state index in [2.05, 4.69) is 9.47 Å². The van der Waals surface area contributed by atoms with Gasteiger partial charge < -0.3 is 23.7 Å². The number of unbranched alkanes of at least 4 members (excludes halogenated alkanes) is 2. The third kappa shape index (κ3) is 9.42. The molecule has 4 amide bonds. The normalized spacial score (nSPS) is 24.5. The number of hydrogen-bond donors (Lipinski definition) is 0. The maximum Gasteiger partial charge on any atom is 0.253 e. The number of rotatable bonds is 10. The second kappa shape index (κ2) is 17.9. The predicted octanol–water partition coefficient (Wildman–Crippen LogP) is 1.21. The first-order valence-corrected chi connectivity index (χ1v) is 12.3. The Labute approximate surface area is 219 Å². The van der Waals surface area contributed by atoms with Crippen LogP contribution < -0.4 is 0 Å². The SMILES string of the molecule is COC.COC.COCCCCN1C(=O)C2C3C=CC(O3)C2C1=O.COCCCCN1C(=O)C=CC1=O. The van der Waals surface area contributed by atoms with E-state index in [0.717, 1.165) is 25.7 Å². The predicted molar refractivity (Wildman–Crippen MR) is 135 cm³/mol. The van der Waals surface area contributed by atoms with E-state index in [1.54, 1.807) is 42.7 Å². The molecule has 4 atom stereocenters. The van der Waals surface area contributed by atoms with E-state index in [4.69, 9.17) is 14.2 Å². The van der Waals surface area contributed by atoms with Crippen LogP contribution in [0, 0.1) is 11.8 Å². The van der Waals surface area contributed by atoms with E-state index in [-0.39, 0.29) is 47.7 Å². The average molecular weight is 527 g/mol. The molecule has 0 aliphatic carbocycles. The van der Waals surface area contributed by atoms with Crippen LogP contribution >= 0.6 is 0 Å². The Morgan fingerprint density at radius 2 is 1.03 bits per heavy atom. The quantitative estimate of drug-likeness (QED) is 0.235. The molecule has 0 aromatic heterocycles. The summed E-state index contributed by atoms with van der Waals surface area (Å²) in [6.45, 7) is 2.34. The molecule has 37 heavy (non-hydrogen) atoms. The highest BCUT2D eigenvalue weighted by Crippen LogP contribution is 2.45. The number of amides is 4. The molecule has 0 radical (unpaired) electrons. The second-order valence-electron chi connectivity index (χ2n) is 8.71. The third-order valence-electron chi connectivity index (χ3n) is 5.86. The molecule has 0 spiro atoms. The Balaban J connectivity index is 0.000000317. The summed E-state index contributed by atoms with van der Waals surface area (Å²) in [7, 11) is 9.78. The van der Waals surface area contributed by atoms with Crippen LogP contribution in [-0.2, 0) is 42.9 Å². The van der Waals surface area contributed by atoms with Gasteiger partial charge in [0.2, 0.25) is 11.8 Å². The van der Waals surface area contributed by atoms with Gasteiger partial charge in [-0.05, 0) is 25.7 Å². The van der Waals surface area contributed by atoms with Crippen LogP contribution in [0.5, 0.6) is 0 Å². The van der Waals surface area contributed by atoms with Crippen LogP contribution in [-0.4, -0.2) is 115 Å². The highest BCUT2D eigenvalue weighted by Gasteiger charge is 2.60. The summed E-state index contributed by atoms with van der Waals surface area (Å²) in [6, 6.07) is 0. The summed E-state index contributed by atoms with van der Waals surface area (Å²) in [4.78, 5) is 49.2. The minimum Gasteiger partial charge on any atom is -0.388 e. The minimum atomic E-state index is -0.269. The van der Waals surface area contributed by atoms with Crippen molar-refractivity contribution in [3.05, 3.63) is 24.3 Å². The lowest BCUT2D eigenvalue weighted by molar-refractivity contribution is -0.142. The molecular formula is C26H42N2O9. The van der Waals surface area contributed by atoms with Crippen LogP contribution in [0.25, 0.3) is 0 Å². The molecule has 2 fully saturated rings. The van der Waals surface area contributed by atoms with E-state index in [1.165, 1.54) is 22.0 Å². The zero-order valence-corrected chi connectivity index (χ0v) is 22.8. The maximum absolute atomic E-state index is 12.2. The summed E-state index contributed by atoms with van der Waals surface area (Å²) >= 11 is 0. The molecule has 210 valence electrons. The molecule has 0 aromatic carbocycles. The van der Waals surface area contributed by atoms with Crippen molar-refractivity contribution in [3.8, 4) is 0 Å². The summed E-state index contributed by atoms with van der Waals surface area (Å²) in [5, 5.41) is 0. The molecule has 4 unspecified atom stereocenters. The molecule has 4 aliphatic heterocycles. The smallest absolute Gasteiger partial charge is 0.253 e. The Morgan fingerprint density at radius 3 is 1.41 bits per heavy atom. The first-order valence-electron chi connectivity index (χ1n) is 12.3. The molecule has 2 saturated heterocycles. The van der Waals surface area contributed by atoms with Gasteiger partial charge in [0.05, 0.1) is 24.0 Å². The zero-order valence-electron chi connectivity index (χ0n) is 22.8. The lowest BCUT2D eigenvalue weighted by Crippen LogP contribution is -2.35. The minimum absolute atomic E-state index is 0.0562. The summed E-state index contributed by atoms with van der Waals surface area (Å²) < 4.78 is 23.9. The van der Waals surface area contributed by atoms with Crippen LogP contribution in [0.4, 0.5) is 0 Å². The fourth-order valence-corrected chi connectivity index (χ4v) is 4.27. The molecule has 2 bridgehead atoms. The van der Waals surface area contributed by atoms with Gasteiger partial charge >= 0.3 is 0 Å². The van der Waals surface area contributed by atoms with Gasteiger partial charge in [-0.1, -0.05) is 12.2 Å². The van der Waals surface area contributed by atoms with E-state index in [0.29, 0.717) is 26.3 Å². The second-order valence-corrected chi connectivity index (χ2v) is 8.71. The van der Waals surface area contributed by atoms with Gasteiger partial charge in [-0.15, -0.1) is 0 Å². The van der Waals surface area contributed by atoms with Crippen molar-refractivity contribution in [3.63, 3.8) is 0 Å². The van der Waals surface area contributed by atoms with Crippen LogP contribution in [0.2, 0.25) is 0 Å². The van der Waals surface area contributed by atoms with E-state index >= 15 is 0 Å². The van der Waals surface area contributed by atoms with E-state index < -0.39 is 0 Å². The highest BCUT2D eigenvalue weighted by molar-refractivity contribution is 6.12. The number of imide groups is 2. The molecule has 4 rings (SSSR count). The van der Waals surface area contributed by atoms with E-state index in [1.807, 2.05) is 12.2 Å². The van der Waals surface area contributed by atoms with Gasteiger partial charge in [0.15, 0.2) is 0 Å². The number of nitrogens with zero attached hydrogens (tertiary/aromatic N) is 2. The number of methoxy groups -OCH3 is 4. The van der Waals surface area contributed by atoms with Crippen LogP contribution in [0.3, 0.4) is 0 Å². The number of carbonyl (C=O) groups is 4. The van der Waals surface area contributed by atoms with Crippen molar-refractivity contribution >= 4 is 23.6 Å². The lowest BCUT2D eigenvalue weighted by Gasteiger charge is -2.17. The van der Waals surface area contributed by atoms with Gasteiger partial charge in [0.1, 0.15) is 0 Å². The molecule has 4 aliphatic rings. The summed E-state index contributed by atoms with van der Waals surface area (Å²) in [6.07, 6.45) is 9.40. The van der Waals surface area contributed by atoms with E-state index in [9.17, 15) is 19.2 Å². The Bertz CT molecular complexity index is 749. The van der Waals surface area contributed by atoms with Gasteiger partial charge in [0, 0.05) is 81.1 Å². The number of fused-ring (bicyclic) bond motifs is 5. The average Bonchev–Trinajstić information content (AvgIpc) is 3.62. The number of hydrogen-bond acceptors (Lipinski definition) is 9. The topological polar surface area (TPSA) is 121 Å². The van der Waals surface area contributed by atoms with Crippen LogP contribution in [0.15, 0.2) is 24.3 Å². The fourth-order valence-electron chi connectivity index (χ4n) is 4.27. The van der Waals surface area contributed by atoms with Gasteiger partial charge in [-0.3, -0.25) is 29.0 Å². The van der Waals surface area contributed by atoms with Crippen molar-refractivity contribution in [1.82, 2.24) is 9.80 Å². The molecule has 4 heterocycles. The molecule has 11 nitrogen and oxygen atoms in total. The monoisotopic (exact) mass is 526 g/mol. The molecular weight excluding hydrogens is 484 g/mol. The Hall–Kier alpha value is -2.44. The van der Waals surface area contributed by atoms with Crippen LogP contribution in [0.1, 0.15) is 25.7 Å². The standard InChI is InChI=1S/C13H17NO4.C9H13NO3.2C2H6O/c1-17-7-3-2-6-14-12(15)10-8-4-5-9(18-8)11(10)13(14)16;1-13-7-3-2-6-10-8(11)4-5-9(10)12;2*1-3-2/h4-5,8-11H,2-3,6-7H2,1H3;4-5H,2-3,6-7H2,1H3;2*1-2H3. The maximum atomic E-state index is 12.2. The molecule has 11 heteroatoms. The van der Waals surface area contributed by atoms with Crippen molar-refractivity contribution in [2.24, 2.45) is 11.8 Å². The van der Waals surface area contributed by atoms with Crippen molar-refractivity contribution < 1.29 is 42.9 Å². The highest BCUT2D eigenvalue weighted by atomic mass is 16.5. The zero-order chi connectivity index (χ0) is 27.8.